The number of methoxy groups -OCH3 is 1. The summed E-state index contributed by atoms with van der Waals surface area (Å²) >= 11 is 4.02. The van der Waals surface area contributed by atoms with Crippen molar-refractivity contribution in [3.8, 4) is 0 Å². The van der Waals surface area contributed by atoms with E-state index in [1.165, 1.54) is 0 Å². The van der Waals surface area contributed by atoms with E-state index >= 15 is 0 Å². The van der Waals surface area contributed by atoms with E-state index in [1.54, 1.807) is 7.11 Å². The summed E-state index contributed by atoms with van der Waals surface area (Å²) in [6.07, 6.45) is 1.18. The third-order valence-corrected chi connectivity index (χ3v) is 9.18. The minimum Gasteiger partial charge on any atom is -0.382 e. The van der Waals surface area contributed by atoms with Gasteiger partial charge in [0, 0.05) is 25.8 Å². The van der Waals surface area contributed by atoms with Gasteiger partial charge in [-0.25, -0.2) is 0 Å². The monoisotopic (exact) mass is 1030 g/mol. The van der Waals surface area contributed by atoms with Crippen molar-refractivity contribution in [3.05, 3.63) is 0 Å². The van der Waals surface area contributed by atoms with Gasteiger partial charge in [0.15, 0.2) is 0 Å². The SMILES string of the molecule is COCCOCCOCCOCCOCCOCCOCCOCCOCCOCCOCCOCCOCCC(=O)NCCCC[C@H](NC(=O)CNC(=O)CNC(=O)CN)C(=O)N[C@@H](CS)C(N)=O. The highest BCUT2D eigenvalue weighted by Crippen LogP contribution is 2.03. The fourth-order valence-electron chi connectivity index (χ4n) is 5.10. The molecule has 70 heavy (non-hydrogen) atoms. The van der Waals surface area contributed by atoms with E-state index < -0.39 is 48.2 Å². The van der Waals surface area contributed by atoms with Gasteiger partial charge in [0.25, 0.3) is 0 Å². The second kappa shape index (κ2) is 51.9. The molecule has 0 aliphatic carbocycles. The van der Waals surface area contributed by atoms with Gasteiger partial charge in [0.2, 0.25) is 35.4 Å². The Balaban J connectivity index is 3.62. The Kier molecular flexibility index (Phi) is 49.4. The first-order chi connectivity index (χ1) is 34.1. The Bertz CT molecular complexity index is 1300. The van der Waals surface area contributed by atoms with Crippen molar-refractivity contribution in [3.63, 3.8) is 0 Å². The maximum absolute atomic E-state index is 12.9. The predicted molar refractivity (Wildman–Crippen MR) is 255 cm³/mol. The van der Waals surface area contributed by atoms with Crippen LogP contribution in [0.2, 0.25) is 0 Å². The van der Waals surface area contributed by atoms with Gasteiger partial charge in [-0.05, 0) is 19.3 Å². The average Bonchev–Trinajstić information content (AvgIpc) is 3.35. The van der Waals surface area contributed by atoms with Crippen molar-refractivity contribution in [1.82, 2.24) is 26.6 Å². The molecule has 0 heterocycles. The predicted octanol–water partition coefficient (Wildman–Crippen LogP) is -3.92. The number of rotatable bonds is 54. The number of ether oxygens (including phenoxy) is 13. The standard InChI is InChI=1S/C43H83N7O19S/c1-57-8-9-59-12-13-61-16-17-63-20-21-65-24-25-67-28-29-69-31-30-68-27-26-66-23-22-64-19-18-62-15-14-60-11-10-58-7-5-38(51)46-6-3-2-4-36(43(56)50-37(35-70)42(45)55)49-41(54)34-48-40(53)33-47-39(52)32-44/h36-37,70H,2-35,44H2,1H3,(H2,45,55)(H,46,51)(H,47,52)(H,48,53)(H,49,54)(H,50,56)/t36-,37-/m0/s1. The zero-order valence-electron chi connectivity index (χ0n) is 41.1. The number of hydrogen-bond acceptors (Lipinski definition) is 21. The number of thiol groups is 1. The van der Waals surface area contributed by atoms with Gasteiger partial charge >= 0.3 is 0 Å². The highest BCUT2D eigenvalue weighted by atomic mass is 32.1. The molecule has 6 amide bonds. The van der Waals surface area contributed by atoms with Crippen LogP contribution in [0.3, 0.4) is 0 Å². The summed E-state index contributed by atoms with van der Waals surface area (Å²) in [6, 6.07) is -2.14. The zero-order chi connectivity index (χ0) is 51.4. The first kappa shape index (κ1) is 66.6. The average molecular weight is 1030 g/mol. The fourth-order valence-corrected chi connectivity index (χ4v) is 5.37. The third-order valence-electron chi connectivity index (χ3n) is 8.81. The molecule has 0 fully saturated rings. The fraction of sp³-hybridized carbons (Fsp3) is 0.860. The lowest BCUT2D eigenvalue weighted by molar-refractivity contribution is -0.131. The molecule has 0 aliphatic rings. The van der Waals surface area contributed by atoms with Gasteiger partial charge in [-0.15, -0.1) is 0 Å². The van der Waals surface area contributed by atoms with Crippen LogP contribution >= 0.6 is 12.6 Å². The van der Waals surface area contributed by atoms with Crippen molar-refractivity contribution >= 4 is 48.1 Å². The number of hydrogen-bond donors (Lipinski definition) is 8. The van der Waals surface area contributed by atoms with Crippen LogP contribution in [0.5, 0.6) is 0 Å². The number of unbranched alkanes of at least 4 members (excludes halogenated alkanes) is 1. The molecule has 2 atom stereocenters. The Labute approximate surface area is 417 Å². The molecule has 0 aromatic carbocycles. The molecule has 0 saturated heterocycles. The lowest BCUT2D eigenvalue weighted by atomic mass is 10.1. The van der Waals surface area contributed by atoms with Crippen LogP contribution in [0.1, 0.15) is 25.7 Å². The summed E-state index contributed by atoms with van der Waals surface area (Å²) in [5.74, 6) is -3.61. The number of amides is 6. The normalized spacial score (nSPS) is 12.0. The van der Waals surface area contributed by atoms with Gasteiger partial charge < -0.3 is 99.6 Å². The van der Waals surface area contributed by atoms with E-state index in [-0.39, 0.29) is 44.2 Å². The number of nitrogens with one attached hydrogen (secondary N) is 5. The van der Waals surface area contributed by atoms with E-state index in [4.69, 9.17) is 73.0 Å². The summed E-state index contributed by atoms with van der Waals surface area (Å²) in [4.78, 5) is 72.2. The molecular weight excluding hydrogens is 951 g/mol. The molecule has 0 bridgehead atoms. The zero-order valence-corrected chi connectivity index (χ0v) is 41.9. The van der Waals surface area contributed by atoms with E-state index in [0.29, 0.717) is 178 Å². The van der Waals surface area contributed by atoms with E-state index in [9.17, 15) is 28.8 Å². The minimum atomic E-state index is -1.07. The number of primary amides is 1. The van der Waals surface area contributed by atoms with Gasteiger partial charge in [-0.3, -0.25) is 28.8 Å². The number of nitrogens with two attached hydrogens (primary N) is 2. The van der Waals surface area contributed by atoms with E-state index in [2.05, 4.69) is 39.2 Å². The van der Waals surface area contributed by atoms with Crippen molar-refractivity contribution in [1.29, 1.82) is 0 Å². The van der Waals surface area contributed by atoms with Crippen LogP contribution in [0.4, 0.5) is 0 Å². The van der Waals surface area contributed by atoms with Gasteiger partial charge in [0.1, 0.15) is 12.1 Å². The van der Waals surface area contributed by atoms with Crippen molar-refractivity contribution in [2.45, 2.75) is 37.8 Å². The maximum Gasteiger partial charge on any atom is 0.243 e. The molecule has 27 heteroatoms. The van der Waals surface area contributed by atoms with Crippen LogP contribution in [-0.4, -0.2) is 252 Å². The summed E-state index contributed by atoms with van der Waals surface area (Å²) in [7, 11) is 1.63. The summed E-state index contributed by atoms with van der Waals surface area (Å²) in [5, 5.41) is 12.3. The summed E-state index contributed by atoms with van der Waals surface area (Å²) in [6.45, 7) is 10.5. The first-order valence-electron chi connectivity index (χ1n) is 23.6. The second-order valence-electron chi connectivity index (χ2n) is 14.5. The second-order valence-corrected chi connectivity index (χ2v) is 14.8. The van der Waals surface area contributed by atoms with Crippen molar-refractivity contribution in [2.24, 2.45) is 11.5 Å². The lowest BCUT2D eigenvalue weighted by Crippen LogP contribution is -2.54. The van der Waals surface area contributed by atoms with Crippen molar-refractivity contribution < 1.29 is 90.3 Å². The Morgan fingerprint density at radius 2 is 0.786 bits per heavy atom. The Morgan fingerprint density at radius 3 is 1.14 bits per heavy atom. The lowest BCUT2D eigenvalue weighted by Gasteiger charge is -2.21. The molecular formula is C43H83N7O19S. The first-order valence-corrected chi connectivity index (χ1v) is 24.2. The highest BCUT2D eigenvalue weighted by molar-refractivity contribution is 7.80. The minimum absolute atomic E-state index is 0.0559. The summed E-state index contributed by atoms with van der Waals surface area (Å²) < 4.78 is 70.4. The molecule has 410 valence electrons. The molecule has 0 spiro atoms. The quantitative estimate of drug-likeness (QED) is 0.0213. The van der Waals surface area contributed by atoms with Crippen LogP contribution < -0.4 is 38.1 Å². The van der Waals surface area contributed by atoms with Crippen LogP contribution in [0.25, 0.3) is 0 Å². The molecule has 0 unspecified atom stereocenters. The molecule has 0 radical (unpaired) electrons. The maximum atomic E-state index is 12.9. The molecule has 0 aromatic heterocycles. The van der Waals surface area contributed by atoms with Gasteiger partial charge in [-0.1, -0.05) is 0 Å². The highest BCUT2D eigenvalue weighted by Gasteiger charge is 2.25. The molecule has 26 nitrogen and oxygen atoms in total. The molecule has 0 aromatic rings. The Hall–Kier alpha value is -3.39. The smallest absolute Gasteiger partial charge is 0.243 e. The van der Waals surface area contributed by atoms with Crippen LogP contribution in [-0.2, 0) is 90.3 Å². The van der Waals surface area contributed by atoms with Gasteiger partial charge in [0.05, 0.1) is 185 Å². The Morgan fingerprint density at radius 1 is 0.429 bits per heavy atom. The third kappa shape index (κ3) is 47.0. The molecule has 0 saturated carbocycles. The van der Waals surface area contributed by atoms with Gasteiger partial charge in [-0.2, -0.15) is 12.6 Å². The van der Waals surface area contributed by atoms with Crippen LogP contribution in [0.15, 0.2) is 0 Å². The molecule has 0 aliphatic heterocycles. The van der Waals surface area contributed by atoms with Crippen LogP contribution in [0, 0.1) is 0 Å². The van der Waals surface area contributed by atoms with E-state index in [1.807, 2.05) is 0 Å². The molecule has 0 rings (SSSR count). The number of carbonyl (C=O) groups excluding carboxylic acids is 6. The van der Waals surface area contributed by atoms with Crippen molar-refractivity contribution in [2.75, 3.05) is 204 Å². The number of carbonyl (C=O) groups is 6. The topological polar surface area (TPSA) is 335 Å². The molecule has 9 N–H and O–H groups in total. The van der Waals surface area contributed by atoms with E-state index in [0.717, 1.165) is 0 Å². The summed E-state index contributed by atoms with van der Waals surface area (Å²) in [5.41, 5.74) is 10.5. The largest absolute Gasteiger partial charge is 0.382 e.